The summed E-state index contributed by atoms with van der Waals surface area (Å²) in [6.07, 6.45) is 0.286. The summed E-state index contributed by atoms with van der Waals surface area (Å²) < 4.78 is 5.43. The Morgan fingerprint density at radius 3 is 2.67 bits per heavy atom. The lowest BCUT2D eigenvalue weighted by Crippen LogP contribution is -2.13. The number of rotatable bonds is 5. The van der Waals surface area contributed by atoms with Crippen molar-refractivity contribution in [1.82, 2.24) is 0 Å². The van der Waals surface area contributed by atoms with E-state index in [4.69, 9.17) is 10.5 Å². The molecule has 0 aliphatic carbocycles. The highest BCUT2D eigenvalue weighted by Gasteiger charge is 1.96. The van der Waals surface area contributed by atoms with Crippen molar-refractivity contribution in [2.45, 2.75) is 26.9 Å². The first-order valence-corrected chi connectivity index (χ1v) is 5.30. The molecule has 15 heavy (non-hydrogen) atoms. The van der Waals surface area contributed by atoms with Gasteiger partial charge in [0.1, 0.15) is 0 Å². The van der Waals surface area contributed by atoms with Gasteiger partial charge in [-0.25, -0.2) is 0 Å². The molecule has 1 aromatic rings. The fraction of sp³-hybridized carbons (Fsp3) is 0.500. The van der Waals surface area contributed by atoms with Crippen molar-refractivity contribution in [2.75, 3.05) is 24.2 Å². The Morgan fingerprint density at radius 2 is 2.07 bits per heavy atom. The summed E-state index contributed by atoms with van der Waals surface area (Å²) in [5.74, 6) is 0. The number of ether oxygens (including phenoxy) is 1. The van der Waals surface area contributed by atoms with Crippen LogP contribution in [0, 0.1) is 6.92 Å². The van der Waals surface area contributed by atoms with E-state index in [1.807, 2.05) is 32.9 Å². The Balaban J connectivity index is 2.37. The van der Waals surface area contributed by atoms with Gasteiger partial charge in [0.25, 0.3) is 0 Å². The van der Waals surface area contributed by atoms with E-state index < -0.39 is 0 Å². The number of benzene rings is 1. The average Bonchev–Trinajstić information content (AvgIpc) is 2.10. The molecule has 0 aliphatic heterocycles. The molecule has 0 spiro atoms. The number of nitrogens with two attached hydrogens (primary N) is 1. The van der Waals surface area contributed by atoms with Crippen LogP contribution < -0.4 is 11.1 Å². The monoisotopic (exact) mass is 208 g/mol. The van der Waals surface area contributed by atoms with E-state index in [9.17, 15) is 0 Å². The first-order valence-electron chi connectivity index (χ1n) is 5.30. The van der Waals surface area contributed by atoms with Gasteiger partial charge in [-0.05, 0) is 44.5 Å². The van der Waals surface area contributed by atoms with E-state index in [-0.39, 0.29) is 6.10 Å². The number of nitrogen functional groups attached to an aromatic ring is 1. The summed E-state index contributed by atoms with van der Waals surface area (Å²) >= 11 is 0. The number of hydrogen-bond acceptors (Lipinski definition) is 3. The summed E-state index contributed by atoms with van der Waals surface area (Å²) in [6.45, 7) is 7.62. The van der Waals surface area contributed by atoms with Crippen molar-refractivity contribution in [1.29, 1.82) is 0 Å². The molecule has 0 radical (unpaired) electrons. The molecule has 1 rings (SSSR count). The molecule has 0 heterocycles. The van der Waals surface area contributed by atoms with Crippen LogP contribution in [-0.2, 0) is 4.74 Å². The Morgan fingerprint density at radius 1 is 1.33 bits per heavy atom. The molecule has 0 aliphatic rings. The van der Waals surface area contributed by atoms with Crippen molar-refractivity contribution in [3.05, 3.63) is 23.8 Å². The van der Waals surface area contributed by atoms with E-state index >= 15 is 0 Å². The lowest BCUT2D eigenvalue weighted by molar-refractivity contribution is 0.0870. The topological polar surface area (TPSA) is 47.3 Å². The van der Waals surface area contributed by atoms with Gasteiger partial charge in [0, 0.05) is 17.9 Å². The van der Waals surface area contributed by atoms with Gasteiger partial charge in [0.2, 0.25) is 0 Å². The van der Waals surface area contributed by atoms with Crippen molar-refractivity contribution in [3.8, 4) is 0 Å². The average molecular weight is 208 g/mol. The third kappa shape index (κ3) is 4.70. The Hall–Kier alpha value is -1.22. The highest BCUT2D eigenvalue weighted by atomic mass is 16.5. The van der Waals surface area contributed by atoms with Crippen molar-refractivity contribution < 1.29 is 4.74 Å². The highest BCUT2D eigenvalue weighted by Crippen LogP contribution is 2.15. The van der Waals surface area contributed by atoms with E-state index in [0.717, 1.165) is 17.9 Å². The van der Waals surface area contributed by atoms with Crippen LogP contribution in [0.2, 0.25) is 0 Å². The second-order valence-corrected chi connectivity index (χ2v) is 3.98. The van der Waals surface area contributed by atoms with Crippen molar-refractivity contribution in [3.63, 3.8) is 0 Å². The molecule has 0 saturated heterocycles. The normalized spacial score (nSPS) is 10.7. The van der Waals surface area contributed by atoms with Gasteiger partial charge in [-0.15, -0.1) is 0 Å². The van der Waals surface area contributed by atoms with Gasteiger partial charge in [-0.2, -0.15) is 0 Å². The molecule has 0 aromatic heterocycles. The largest absolute Gasteiger partial charge is 0.399 e. The smallest absolute Gasteiger partial charge is 0.0642 e. The minimum absolute atomic E-state index is 0.286. The molecular formula is C12H20N2O. The van der Waals surface area contributed by atoms with Crippen molar-refractivity contribution in [2.24, 2.45) is 0 Å². The second kappa shape index (κ2) is 5.61. The van der Waals surface area contributed by atoms with Gasteiger partial charge in [-0.3, -0.25) is 0 Å². The third-order valence-electron chi connectivity index (χ3n) is 1.98. The Labute approximate surface area is 91.6 Å². The zero-order chi connectivity index (χ0) is 11.3. The number of anilines is 2. The van der Waals surface area contributed by atoms with Gasteiger partial charge in [-0.1, -0.05) is 0 Å². The van der Waals surface area contributed by atoms with Crippen LogP contribution in [0.5, 0.6) is 0 Å². The van der Waals surface area contributed by atoms with Crippen LogP contribution in [0.25, 0.3) is 0 Å². The fourth-order valence-corrected chi connectivity index (χ4v) is 1.40. The lowest BCUT2D eigenvalue weighted by Gasteiger charge is -2.10. The maximum Gasteiger partial charge on any atom is 0.0642 e. The second-order valence-electron chi connectivity index (χ2n) is 3.98. The van der Waals surface area contributed by atoms with Crippen LogP contribution in [0.4, 0.5) is 11.4 Å². The minimum Gasteiger partial charge on any atom is -0.399 e. The molecule has 0 unspecified atom stereocenters. The Kier molecular flexibility index (Phi) is 4.43. The van der Waals surface area contributed by atoms with Crippen LogP contribution in [-0.4, -0.2) is 19.3 Å². The first kappa shape index (κ1) is 11.9. The SMILES string of the molecule is Cc1cc(N)cc(NCCOC(C)C)c1. The lowest BCUT2D eigenvalue weighted by atomic mass is 10.2. The molecule has 0 atom stereocenters. The van der Waals surface area contributed by atoms with Crippen LogP contribution >= 0.6 is 0 Å². The summed E-state index contributed by atoms with van der Waals surface area (Å²) in [5, 5.41) is 3.28. The van der Waals surface area contributed by atoms with Crippen LogP contribution in [0.15, 0.2) is 18.2 Å². The molecule has 0 bridgehead atoms. The summed E-state index contributed by atoms with van der Waals surface area (Å²) in [5.41, 5.74) is 8.76. The van der Waals surface area contributed by atoms with E-state index in [1.165, 1.54) is 5.56 Å². The maximum absolute atomic E-state index is 5.74. The van der Waals surface area contributed by atoms with Gasteiger partial charge in [0.15, 0.2) is 0 Å². The molecule has 3 N–H and O–H groups in total. The van der Waals surface area contributed by atoms with Crippen LogP contribution in [0.1, 0.15) is 19.4 Å². The fourth-order valence-electron chi connectivity index (χ4n) is 1.40. The summed E-state index contributed by atoms with van der Waals surface area (Å²) in [6, 6.07) is 5.96. The van der Waals surface area contributed by atoms with Gasteiger partial charge in [0.05, 0.1) is 12.7 Å². The van der Waals surface area contributed by atoms with E-state index in [2.05, 4.69) is 11.4 Å². The van der Waals surface area contributed by atoms with E-state index in [0.29, 0.717) is 6.61 Å². The zero-order valence-electron chi connectivity index (χ0n) is 9.71. The number of aryl methyl sites for hydroxylation is 1. The molecule has 84 valence electrons. The highest BCUT2D eigenvalue weighted by molar-refractivity contribution is 5.56. The Bertz CT molecular complexity index is 290. The summed E-state index contributed by atoms with van der Waals surface area (Å²) in [4.78, 5) is 0. The molecule has 3 heteroatoms. The summed E-state index contributed by atoms with van der Waals surface area (Å²) in [7, 11) is 0. The van der Waals surface area contributed by atoms with E-state index in [1.54, 1.807) is 0 Å². The molecule has 0 amide bonds. The predicted octanol–water partition coefficient (Wildman–Crippen LogP) is 2.41. The first-order chi connectivity index (χ1) is 7.08. The molecule has 0 fully saturated rings. The molecule has 3 nitrogen and oxygen atoms in total. The predicted molar refractivity (Wildman–Crippen MR) is 65.2 cm³/mol. The quantitative estimate of drug-likeness (QED) is 0.577. The maximum atomic E-state index is 5.74. The van der Waals surface area contributed by atoms with Gasteiger partial charge >= 0.3 is 0 Å². The number of hydrogen-bond donors (Lipinski definition) is 2. The minimum atomic E-state index is 0.286. The zero-order valence-corrected chi connectivity index (χ0v) is 9.71. The standard InChI is InChI=1S/C12H20N2O/c1-9(2)15-5-4-14-12-7-10(3)6-11(13)8-12/h6-9,14H,4-5,13H2,1-3H3. The molecular weight excluding hydrogens is 188 g/mol. The molecule has 1 aromatic carbocycles. The van der Waals surface area contributed by atoms with Crippen molar-refractivity contribution >= 4 is 11.4 Å². The number of nitrogens with one attached hydrogen (secondary N) is 1. The molecule has 0 saturated carbocycles. The van der Waals surface area contributed by atoms with Gasteiger partial charge < -0.3 is 15.8 Å². The third-order valence-corrected chi connectivity index (χ3v) is 1.98. The van der Waals surface area contributed by atoms with Crippen LogP contribution in [0.3, 0.4) is 0 Å².